The maximum atomic E-state index is 17.6. The van der Waals surface area contributed by atoms with E-state index in [0.717, 1.165) is 23.7 Å². The number of Topliss-reactive ketones (excluding diaryl/α,β-unsaturated/α-hetero) is 3. The molecular formula is C85H91BrCl3F6IN3NaO15S. The number of hydrogen-bond donors (Lipinski definition) is 3. The Morgan fingerprint density at radius 3 is 1.05 bits per heavy atom. The van der Waals surface area contributed by atoms with Gasteiger partial charge in [0.2, 0.25) is 0 Å². The molecule has 0 aromatic heterocycles. The summed E-state index contributed by atoms with van der Waals surface area (Å²) in [5.41, 5.74) is -16.1. The molecule has 0 amide bonds. The van der Waals surface area contributed by atoms with Gasteiger partial charge in [-0.3, -0.25) is 62.7 Å². The van der Waals surface area contributed by atoms with Crippen molar-refractivity contribution in [3.8, 4) is 0 Å². The number of rotatable bonds is 10. The number of anilines is 3. The van der Waals surface area contributed by atoms with Crippen molar-refractivity contribution >= 4 is 113 Å². The van der Waals surface area contributed by atoms with Crippen LogP contribution in [0.4, 0.5) is 43.4 Å². The van der Waals surface area contributed by atoms with Gasteiger partial charge < -0.3 is 39.3 Å². The van der Waals surface area contributed by atoms with Crippen molar-refractivity contribution in [2.24, 2.45) is 85.8 Å². The largest absolute Gasteiger partial charge is 1.00 e. The minimum atomic E-state index is -3.98. The number of nitrogens with zero attached hydrogens (tertiary/aromatic N) is 3. The van der Waals surface area contributed by atoms with Crippen LogP contribution in [0.15, 0.2) is 144 Å². The predicted molar refractivity (Wildman–Crippen MR) is 416 cm³/mol. The van der Waals surface area contributed by atoms with Gasteiger partial charge in [0.05, 0.1) is 66.6 Å². The van der Waals surface area contributed by atoms with Crippen LogP contribution in [0.25, 0.3) is 0 Å². The molecule has 3 heterocycles. The Morgan fingerprint density at radius 2 is 0.767 bits per heavy atom. The van der Waals surface area contributed by atoms with Crippen LogP contribution in [0.2, 0.25) is 15.1 Å². The number of alkyl halides is 7. The number of carbonyl (C=O) groups is 6. The zero-order valence-electron chi connectivity index (χ0n) is 65.3. The van der Waals surface area contributed by atoms with Gasteiger partial charge in [-0.2, -0.15) is 8.42 Å². The molecule has 0 unspecified atom stereocenters. The van der Waals surface area contributed by atoms with Gasteiger partial charge in [-0.15, -0.1) is 0 Å². The third-order valence-corrected chi connectivity index (χ3v) is 32.9. The predicted octanol–water partition coefficient (Wildman–Crippen LogP) is 8.23. The Bertz CT molecular complexity index is 4910. The first-order valence-corrected chi connectivity index (χ1v) is 43.0. The van der Waals surface area contributed by atoms with Crippen LogP contribution < -0.4 is 68.7 Å². The number of hydrogen-bond acceptors (Lipinski definition) is 18. The summed E-state index contributed by atoms with van der Waals surface area (Å²) >= 11 is 21.5. The van der Waals surface area contributed by atoms with Crippen LogP contribution in [0.3, 0.4) is 0 Å². The number of carbonyl (C=O) groups excluding carboxylic acids is 6. The fourth-order valence-electron chi connectivity index (χ4n) is 26.1. The van der Waals surface area contributed by atoms with Crippen LogP contribution in [-0.4, -0.2) is 167 Å². The van der Waals surface area contributed by atoms with Gasteiger partial charge in [0.15, 0.2) is 68.5 Å². The minimum absolute atomic E-state index is 0. The van der Waals surface area contributed by atoms with Crippen LogP contribution in [0.1, 0.15) is 106 Å². The second kappa shape index (κ2) is 29.8. The van der Waals surface area contributed by atoms with Crippen molar-refractivity contribution in [3.05, 3.63) is 159 Å². The van der Waals surface area contributed by atoms with Crippen LogP contribution in [-0.2, 0) is 57.6 Å². The molecule has 3 aromatic rings. The summed E-state index contributed by atoms with van der Waals surface area (Å²) < 4.78 is 128. The molecule has 620 valence electrons. The summed E-state index contributed by atoms with van der Waals surface area (Å²) in [5.74, 6) is -7.30. The van der Waals surface area contributed by atoms with E-state index in [1.807, 2.05) is 38.1 Å². The first-order valence-electron chi connectivity index (χ1n) is 38.9. The molecule has 0 bridgehead atoms. The molecule has 27 atom stereocenters. The van der Waals surface area contributed by atoms with E-state index >= 15 is 26.3 Å². The van der Waals surface area contributed by atoms with E-state index in [4.69, 9.17) is 53.5 Å². The van der Waals surface area contributed by atoms with Crippen molar-refractivity contribution < 1.29 is 151 Å². The van der Waals surface area contributed by atoms with E-state index in [0.29, 0.717) is 46.7 Å². The van der Waals surface area contributed by atoms with Gasteiger partial charge >= 0.3 is 29.6 Å². The van der Waals surface area contributed by atoms with E-state index in [1.54, 1.807) is 84.5 Å². The Balaban J connectivity index is 0.000000143. The molecule has 3 saturated heterocycles. The number of ketones is 6. The maximum Gasteiger partial charge on any atom is 1.00 e. The normalized spacial score (nSPS) is 44.6. The average molecular weight is 1880 g/mol. The number of aliphatic hydroxyl groups is 3. The van der Waals surface area contributed by atoms with Crippen molar-refractivity contribution in [3.63, 3.8) is 0 Å². The van der Waals surface area contributed by atoms with Crippen molar-refractivity contribution in [2.45, 2.75) is 177 Å². The maximum absolute atomic E-state index is 17.6. The SMILES string of the molecule is CC(=O)[C@@]12ON(c3ccc(Cl)cc3)C[C@@H]1C[C@H]1[C@@H]3C[C@H](F)C4=CC(=O)C=C[C@]4(C)[C@@]3(F)[C@@H](O)C[C@@]12C.C[C@]12C=CC(=O)C=C1[C@@H](F)C[C@H]1[C@@H]3C[C@H]4CN(c5ccc(Cl)cc5)O[C@@]4(C(=O)CBr)[C@@]3(C)C[C@H](O)[C@@]12F.C[C@]12C=CC(=O)C=C1[C@@H](F)C[C@H]1[C@@H]3C[C@H]4CN(c5ccc(Cl)cc5)O[C@@]4(C(=O)COS(C)(=O)=O)[C@@]3(C)C[C@H](O)[C@@]12F.[I-].[Na+]. The smallest absolute Gasteiger partial charge is 1.00 e. The van der Waals surface area contributed by atoms with Gasteiger partial charge in [-0.05, 0) is 229 Å². The summed E-state index contributed by atoms with van der Waals surface area (Å²) in [6.07, 6.45) is 3.54. The zero-order valence-corrected chi connectivity index (χ0v) is 74.2. The van der Waals surface area contributed by atoms with Crippen molar-refractivity contribution in [2.75, 3.05) is 53.0 Å². The van der Waals surface area contributed by atoms with Crippen LogP contribution >= 0.6 is 50.7 Å². The molecule has 31 heteroatoms. The third kappa shape index (κ3) is 12.1. The molecule has 12 fully saturated rings. The quantitative estimate of drug-likeness (QED) is 0.0569. The number of aliphatic hydroxyl groups excluding tert-OH is 3. The van der Waals surface area contributed by atoms with E-state index in [1.165, 1.54) is 62.5 Å². The molecule has 3 aliphatic heterocycles. The summed E-state index contributed by atoms with van der Waals surface area (Å²) in [5, 5.41) is 41.4. The molecular weight excluding hydrogens is 1790 g/mol. The van der Waals surface area contributed by atoms with Crippen LogP contribution in [0, 0.1) is 85.8 Å². The second-order valence-corrected chi connectivity index (χ2v) is 39.5. The summed E-state index contributed by atoms with van der Waals surface area (Å²) in [6, 6.07) is 21.0. The fraction of sp³-hybridized carbons (Fsp3) is 0.576. The van der Waals surface area contributed by atoms with Crippen molar-refractivity contribution in [1.82, 2.24) is 0 Å². The molecule has 12 aliphatic carbocycles. The first kappa shape index (κ1) is 88.2. The molecule has 18 nitrogen and oxygen atoms in total. The number of hydroxylamine groups is 3. The number of fused-ring (bicyclic) bond motifs is 21. The second-order valence-electron chi connectivity index (χ2n) is 36.0. The van der Waals surface area contributed by atoms with E-state index in [-0.39, 0.29) is 168 Å². The summed E-state index contributed by atoms with van der Waals surface area (Å²) in [4.78, 5) is 96.9. The number of allylic oxidation sites excluding steroid dienone is 12. The third-order valence-electron chi connectivity index (χ3n) is 31.1. The van der Waals surface area contributed by atoms with Crippen molar-refractivity contribution in [1.29, 1.82) is 0 Å². The Labute approximate surface area is 732 Å². The van der Waals surface area contributed by atoms with Gasteiger partial charge in [-0.1, -0.05) is 89.7 Å². The molecule has 9 saturated carbocycles. The van der Waals surface area contributed by atoms with E-state index < -0.39 is 167 Å². The monoisotopic (exact) mass is 1870 g/mol. The molecule has 18 rings (SSSR count). The van der Waals surface area contributed by atoms with E-state index in [2.05, 4.69) is 15.9 Å². The Kier molecular flexibility index (Phi) is 22.7. The molecule has 3 N–H and O–H groups in total. The Hall–Kier alpha value is -4.15. The standard InChI is InChI=1S/C29H32ClF2NO7S.C28H29BrClF2NO4.C28H30ClF2NO4.HI.Na/c1-26-9-8-19(34)11-22(26)23(31)12-21-20-10-16-14-33(18-6-4-17(30)5-7-18)40-29(16,25(36)15-39-41(3,37)38)27(20,2)13-24(35)28(21,26)32;1-25-8-7-18(34)10-21(25)22(31)11-20-19-9-15-14-33(17-5-3-16(30)4-6-17)37-28(15,24(36)13-29)26(19,2)12-23(35)27(20,25)32;1-15(33)28-16(14-32(36-28)18-6-4-17(29)5-7-18)10-20-21-12-23(30)22-11-19(34)8-9-25(22,2)27(21,31)24(35)13-26(20,28)3;;/h4-9,11,16,20-21,23-24,35H,10,12-15H2,1-3H3;3-8,10,15,19-20,22-23,35H,9,11-14H2,1-2H3;4-9,11,16,20-21,23-24,35H,10,12-14H2,1-3H3;1H;/q;;;;+1/p-1/t16-,20-,21-,23-,24-,26-,27-,28-,29-;15-,19-,20-,22-,23-,25-,26-,27-,28-;16-,20-,21-,23-,24-,25-,26-,27-,28+;;/m000../s1. The van der Waals surface area contributed by atoms with E-state index in [9.17, 15) is 52.5 Å². The minimum Gasteiger partial charge on any atom is -1.00 e. The average Bonchev–Trinajstić information content (AvgIpc) is 1.43. The van der Waals surface area contributed by atoms with Gasteiger partial charge in [0.1, 0.15) is 25.1 Å². The molecule has 0 spiro atoms. The molecule has 0 radical (unpaired) electrons. The van der Waals surface area contributed by atoms with Crippen LogP contribution in [0.5, 0.6) is 0 Å². The van der Waals surface area contributed by atoms with Gasteiger partial charge in [0, 0.05) is 83.1 Å². The Morgan fingerprint density at radius 1 is 0.491 bits per heavy atom. The van der Waals surface area contributed by atoms with Gasteiger partial charge in [0.25, 0.3) is 10.1 Å². The summed E-state index contributed by atoms with van der Waals surface area (Å²) in [7, 11) is -3.98. The summed E-state index contributed by atoms with van der Waals surface area (Å²) in [6.45, 7) is 12.0. The fourth-order valence-corrected chi connectivity index (χ4v) is 27.2. The number of halogens is 11. The zero-order chi connectivity index (χ0) is 82.1. The first-order chi connectivity index (χ1) is 53.4. The topological polar surface area (TPSA) is 244 Å². The molecule has 116 heavy (non-hydrogen) atoms. The number of benzene rings is 3. The molecule has 15 aliphatic rings. The van der Waals surface area contributed by atoms with Gasteiger partial charge in [-0.25, -0.2) is 26.3 Å². The molecule has 3 aromatic carbocycles.